The smallest absolute Gasteiger partial charge is 0.274 e. The second kappa shape index (κ2) is 7.97. The van der Waals surface area contributed by atoms with E-state index in [4.69, 9.17) is 4.74 Å². The average molecular weight is 401 g/mol. The van der Waals surface area contributed by atoms with E-state index in [1.54, 1.807) is 29.7 Å². The minimum Gasteiger partial charge on any atom is -0.369 e. The number of ether oxygens (including phenoxy) is 1. The molecule has 0 bridgehead atoms. The number of thiophene rings is 1. The predicted octanol–water partition coefficient (Wildman–Crippen LogP) is 2.38. The third-order valence-electron chi connectivity index (χ3n) is 5.38. The van der Waals surface area contributed by atoms with Crippen molar-refractivity contribution in [3.05, 3.63) is 45.4 Å². The van der Waals surface area contributed by atoms with Gasteiger partial charge in [0, 0.05) is 30.7 Å². The van der Waals surface area contributed by atoms with Gasteiger partial charge < -0.3 is 15.0 Å². The topological polar surface area (TPSA) is 84.4 Å². The van der Waals surface area contributed by atoms with Crippen LogP contribution >= 0.6 is 11.3 Å². The highest BCUT2D eigenvalue weighted by atomic mass is 32.1. The van der Waals surface area contributed by atoms with Gasteiger partial charge in [0.2, 0.25) is 0 Å². The summed E-state index contributed by atoms with van der Waals surface area (Å²) < 4.78 is 6.25. The highest BCUT2D eigenvalue weighted by Crippen LogP contribution is 2.45. The van der Waals surface area contributed by atoms with Gasteiger partial charge in [0.25, 0.3) is 11.8 Å². The molecular weight excluding hydrogens is 376 g/mol. The molecule has 0 radical (unpaired) electrons. The molecule has 8 heteroatoms. The molecule has 1 saturated heterocycles. The third-order valence-corrected chi connectivity index (χ3v) is 6.74. The first-order valence-corrected chi connectivity index (χ1v) is 10.6. The number of nitrogens with one attached hydrogen (secondary N) is 1. The molecule has 2 amide bonds. The molecule has 28 heavy (non-hydrogen) atoms. The van der Waals surface area contributed by atoms with Crippen LogP contribution < -0.4 is 5.32 Å². The van der Waals surface area contributed by atoms with Crippen molar-refractivity contribution < 1.29 is 14.3 Å². The Hall–Kier alpha value is -2.32. The summed E-state index contributed by atoms with van der Waals surface area (Å²) in [6.07, 6.45) is 4.76. The zero-order valence-electron chi connectivity index (χ0n) is 15.9. The van der Waals surface area contributed by atoms with Gasteiger partial charge in [-0.05, 0) is 49.4 Å². The first-order valence-electron chi connectivity index (χ1n) is 9.75. The first-order chi connectivity index (χ1) is 13.6. The van der Waals surface area contributed by atoms with Gasteiger partial charge in [-0.1, -0.05) is 6.92 Å². The van der Waals surface area contributed by atoms with E-state index in [-0.39, 0.29) is 17.4 Å². The Bertz CT molecular complexity index is 860. The maximum atomic E-state index is 12.6. The second-order valence-corrected chi connectivity index (χ2v) is 8.27. The molecule has 0 unspecified atom stereocenters. The maximum Gasteiger partial charge on any atom is 0.274 e. The van der Waals surface area contributed by atoms with Crippen LogP contribution in [0.15, 0.2) is 24.4 Å². The van der Waals surface area contributed by atoms with Crippen molar-refractivity contribution in [1.82, 2.24) is 20.4 Å². The van der Waals surface area contributed by atoms with Crippen LogP contribution in [0.5, 0.6) is 0 Å². The van der Waals surface area contributed by atoms with E-state index in [1.807, 2.05) is 17.9 Å². The molecule has 1 fully saturated rings. The van der Waals surface area contributed by atoms with E-state index in [0.717, 1.165) is 35.4 Å². The highest BCUT2D eigenvalue weighted by molar-refractivity contribution is 7.14. The van der Waals surface area contributed by atoms with Gasteiger partial charge in [-0.2, -0.15) is 5.10 Å². The predicted molar refractivity (Wildman–Crippen MR) is 105 cm³/mol. The number of hydrogen-bond donors (Lipinski definition) is 1. The molecule has 2 aliphatic heterocycles. The van der Waals surface area contributed by atoms with Crippen molar-refractivity contribution in [2.45, 2.75) is 38.2 Å². The average Bonchev–Trinajstić information content (AvgIpc) is 3.19. The summed E-state index contributed by atoms with van der Waals surface area (Å²) in [5, 5.41) is 10.7. The molecule has 0 atom stereocenters. The Morgan fingerprint density at radius 3 is 2.89 bits per heavy atom. The molecular formula is C20H24N4O3S. The number of fused-ring (bicyclic) bond motifs is 2. The molecule has 1 spiro atoms. The van der Waals surface area contributed by atoms with Crippen molar-refractivity contribution in [2.75, 3.05) is 26.2 Å². The molecule has 148 valence electrons. The van der Waals surface area contributed by atoms with Crippen LogP contribution in [-0.2, 0) is 16.8 Å². The number of nitrogens with zero attached hydrogens (tertiary/aromatic N) is 3. The Morgan fingerprint density at radius 1 is 1.36 bits per heavy atom. The zero-order chi connectivity index (χ0) is 19.6. The van der Waals surface area contributed by atoms with E-state index in [1.165, 1.54) is 5.56 Å². The van der Waals surface area contributed by atoms with Crippen molar-refractivity contribution in [3.8, 4) is 0 Å². The number of hydrogen-bond acceptors (Lipinski definition) is 6. The zero-order valence-corrected chi connectivity index (χ0v) is 16.8. The molecule has 0 aliphatic carbocycles. The Labute approximate surface area is 168 Å². The van der Waals surface area contributed by atoms with Gasteiger partial charge in [-0.3, -0.25) is 9.59 Å². The lowest BCUT2D eigenvalue weighted by molar-refractivity contribution is -0.0906. The number of amides is 2. The number of carbonyl (C=O) groups excluding carboxylic acids is 2. The van der Waals surface area contributed by atoms with Gasteiger partial charge in [0.05, 0.1) is 11.5 Å². The Kier molecular flexibility index (Phi) is 5.41. The lowest BCUT2D eigenvalue weighted by Gasteiger charge is -2.43. The van der Waals surface area contributed by atoms with Gasteiger partial charge in [-0.15, -0.1) is 16.4 Å². The highest BCUT2D eigenvalue weighted by Gasteiger charge is 2.43. The fraction of sp³-hybridized carbons (Fsp3) is 0.500. The van der Waals surface area contributed by atoms with Crippen LogP contribution in [0, 0.1) is 0 Å². The fourth-order valence-electron chi connectivity index (χ4n) is 3.88. The van der Waals surface area contributed by atoms with E-state index in [0.29, 0.717) is 31.9 Å². The number of aromatic nitrogens is 2. The molecule has 0 aromatic carbocycles. The minimum absolute atomic E-state index is 0.00772. The molecule has 7 nitrogen and oxygen atoms in total. The minimum atomic E-state index is -0.388. The van der Waals surface area contributed by atoms with Crippen LogP contribution in [0.25, 0.3) is 0 Å². The molecule has 2 aromatic heterocycles. The molecule has 1 N–H and O–H groups in total. The Morgan fingerprint density at radius 2 is 2.18 bits per heavy atom. The number of carbonyl (C=O) groups is 2. The van der Waals surface area contributed by atoms with Crippen LogP contribution in [0.4, 0.5) is 0 Å². The van der Waals surface area contributed by atoms with E-state index < -0.39 is 0 Å². The summed E-state index contributed by atoms with van der Waals surface area (Å²) in [5.41, 5.74) is 1.20. The van der Waals surface area contributed by atoms with Gasteiger partial charge in [0.15, 0.2) is 5.69 Å². The molecule has 4 rings (SSSR count). The van der Waals surface area contributed by atoms with E-state index in [2.05, 4.69) is 15.5 Å². The first kappa shape index (κ1) is 19.0. The van der Waals surface area contributed by atoms with Crippen LogP contribution in [0.3, 0.4) is 0 Å². The van der Waals surface area contributed by atoms with Crippen LogP contribution in [0.1, 0.15) is 56.8 Å². The van der Waals surface area contributed by atoms with E-state index >= 15 is 0 Å². The second-order valence-electron chi connectivity index (χ2n) is 7.21. The Balaban J connectivity index is 1.50. The number of likely N-dealkylation sites (tertiary alicyclic amines) is 1. The lowest BCUT2D eigenvalue weighted by Crippen LogP contribution is -2.48. The molecule has 0 saturated carbocycles. The summed E-state index contributed by atoms with van der Waals surface area (Å²) in [7, 11) is 0. The van der Waals surface area contributed by atoms with Crippen LogP contribution in [-0.4, -0.2) is 53.2 Å². The summed E-state index contributed by atoms with van der Waals surface area (Å²) in [5.74, 6) is -0.100. The molecule has 4 heterocycles. The maximum absolute atomic E-state index is 12.6. The third kappa shape index (κ3) is 3.54. The fourth-order valence-corrected chi connectivity index (χ4v) is 5.21. The number of rotatable bonds is 4. The largest absolute Gasteiger partial charge is 0.369 e. The SMILES string of the molecule is CCCNC(=O)c1cc2c(s1)C1(CCN(C(=O)c3cccnn3)CC1)OCC2. The summed E-state index contributed by atoms with van der Waals surface area (Å²) in [6, 6.07) is 5.43. The summed E-state index contributed by atoms with van der Waals surface area (Å²) >= 11 is 1.54. The number of piperidine rings is 1. The van der Waals surface area contributed by atoms with Crippen molar-refractivity contribution in [1.29, 1.82) is 0 Å². The molecule has 2 aromatic rings. The quantitative estimate of drug-likeness (QED) is 0.852. The van der Waals surface area contributed by atoms with Crippen LogP contribution in [0.2, 0.25) is 0 Å². The summed E-state index contributed by atoms with van der Waals surface area (Å²) in [4.78, 5) is 28.8. The van der Waals surface area contributed by atoms with Crippen molar-refractivity contribution in [3.63, 3.8) is 0 Å². The van der Waals surface area contributed by atoms with E-state index in [9.17, 15) is 9.59 Å². The summed E-state index contributed by atoms with van der Waals surface area (Å²) in [6.45, 7) is 4.58. The van der Waals surface area contributed by atoms with Gasteiger partial charge in [0.1, 0.15) is 5.60 Å². The van der Waals surface area contributed by atoms with Gasteiger partial charge >= 0.3 is 0 Å². The standard InChI is InChI=1S/C20H24N4O3S/c1-2-8-21-18(25)16-13-14-5-12-27-20(17(14)28-16)6-10-24(11-7-20)19(26)15-4-3-9-22-23-15/h3-4,9,13H,2,5-8,10-12H2,1H3,(H,21,25). The van der Waals surface area contributed by atoms with Gasteiger partial charge in [-0.25, -0.2) is 0 Å². The van der Waals surface area contributed by atoms with Crippen molar-refractivity contribution >= 4 is 23.2 Å². The monoisotopic (exact) mass is 400 g/mol. The lowest BCUT2D eigenvalue weighted by atomic mass is 9.85. The van der Waals surface area contributed by atoms with Crippen molar-refractivity contribution in [2.24, 2.45) is 0 Å². The molecule has 2 aliphatic rings. The normalized spacial score (nSPS) is 18.0.